The highest BCUT2D eigenvalue weighted by Crippen LogP contribution is 2.22. The van der Waals surface area contributed by atoms with E-state index in [-0.39, 0.29) is 6.79 Å². The van der Waals surface area contributed by atoms with Crippen LogP contribution in [-0.4, -0.2) is 18.9 Å². The van der Waals surface area contributed by atoms with E-state index < -0.39 is 0 Å². The minimum atomic E-state index is 0.239. The second-order valence-corrected chi connectivity index (χ2v) is 3.04. The van der Waals surface area contributed by atoms with Crippen molar-refractivity contribution >= 4 is 15.9 Å². The van der Waals surface area contributed by atoms with Crippen LogP contribution in [0.2, 0.25) is 0 Å². The van der Waals surface area contributed by atoms with Crippen molar-refractivity contribution < 1.29 is 9.47 Å². The van der Waals surface area contributed by atoms with Crippen LogP contribution in [0, 0.1) is 6.92 Å². The van der Waals surface area contributed by atoms with Crippen LogP contribution in [0.5, 0.6) is 5.75 Å². The van der Waals surface area contributed by atoms with Gasteiger partial charge in [0.15, 0.2) is 12.5 Å². The molecule has 0 aliphatic rings. The number of methoxy groups -OCH3 is 1. The Morgan fingerprint density at radius 1 is 1.50 bits per heavy atom. The monoisotopic (exact) mass is 231 g/mol. The van der Waals surface area contributed by atoms with Crippen molar-refractivity contribution in [1.82, 2.24) is 4.98 Å². The van der Waals surface area contributed by atoms with E-state index in [0.29, 0.717) is 10.4 Å². The smallest absolute Gasteiger partial charge is 0.188 e. The largest absolute Gasteiger partial charge is 0.465 e. The predicted molar refractivity (Wildman–Crippen MR) is 49.2 cm³/mol. The molecule has 66 valence electrons. The van der Waals surface area contributed by atoms with Crippen molar-refractivity contribution in [3.05, 3.63) is 22.4 Å². The van der Waals surface area contributed by atoms with Gasteiger partial charge in [0, 0.05) is 12.8 Å². The number of aryl methyl sites for hydroxylation is 1. The number of hydrogen-bond donors (Lipinski definition) is 0. The lowest BCUT2D eigenvalue weighted by Crippen LogP contribution is -2.00. The zero-order valence-corrected chi connectivity index (χ0v) is 8.59. The molecule has 0 N–H and O–H groups in total. The van der Waals surface area contributed by atoms with Gasteiger partial charge < -0.3 is 9.47 Å². The Morgan fingerprint density at radius 2 is 2.25 bits per heavy atom. The van der Waals surface area contributed by atoms with Crippen molar-refractivity contribution in [2.24, 2.45) is 0 Å². The zero-order valence-electron chi connectivity index (χ0n) is 7.00. The van der Waals surface area contributed by atoms with Crippen LogP contribution in [0.3, 0.4) is 0 Å². The molecule has 0 radical (unpaired) electrons. The Labute approximate surface area is 79.8 Å². The van der Waals surface area contributed by atoms with Crippen LogP contribution in [0.1, 0.15) is 5.69 Å². The summed E-state index contributed by atoms with van der Waals surface area (Å²) in [4.78, 5) is 4.16. The topological polar surface area (TPSA) is 31.4 Å². The fourth-order valence-corrected chi connectivity index (χ4v) is 1.27. The maximum atomic E-state index is 5.21. The highest BCUT2D eigenvalue weighted by Gasteiger charge is 2.00. The Balaban J connectivity index is 2.72. The maximum Gasteiger partial charge on any atom is 0.188 e. The molecule has 12 heavy (non-hydrogen) atoms. The normalized spacial score (nSPS) is 9.92. The summed E-state index contributed by atoms with van der Waals surface area (Å²) in [5.74, 6) is 0.697. The predicted octanol–water partition coefficient (Wildman–Crippen LogP) is 2.14. The molecule has 1 aromatic rings. The van der Waals surface area contributed by atoms with Crippen molar-refractivity contribution in [3.8, 4) is 5.75 Å². The summed E-state index contributed by atoms with van der Waals surface area (Å²) in [7, 11) is 1.58. The van der Waals surface area contributed by atoms with Gasteiger partial charge in [-0.3, -0.25) is 0 Å². The van der Waals surface area contributed by atoms with Crippen LogP contribution in [-0.2, 0) is 4.74 Å². The van der Waals surface area contributed by atoms with E-state index in [2.05, 4.69) is 20.9 Å². The molecule has 1 rings (SSSR count). The number of nitrogens with zero attached hydrogens (tertiary/aromatic N) is 1. The van der Waals surface area contributed by atoms with Gasteiger partial charge in [-0.25, -0.2) is 4.98 Å². The van der Waals surface area contributed by atoms with Gasteiger partial charge in [-0.1, -0.05) is 0 Å². The summed E-state index contributed by atoms with van der Waals surface area (Å²) < 4.78 is 10.7. The van der Waals surface area contributed by atoms with Gasteiger partial charge in [0.25, 0.3) is 0 Å². The van der Waals surface area contributed by atoms with Gasteiger partial charge >= 0.3 is 0 Å². The fourth-order valence-electron chi connectivity index (χ4n) is 0.742. The first-order valence-corrected chi connectivity index (χ1v) is 4.28. The van der Waals surface area contributed by atoms with Crippen LogP contribution in [0.4, 0.5) is 0 Å². The van der Waals surface area contributed by atoms with E-state index in [1.165, 1.54) is 0 Å². The Morgan fingerprint density at radius 3 is 2.83 bits per heavy atom. The van der Waals surface area contributed by atoms with Gasteiger partial charge in [-0.2, -0.15) is 0 Å². The lowest BCUT2D eigenvalue weighted by Gasteiger charge is -2.05. The number of rotatable bonds is 3. The van der Waals surface area contributed by atoms with E-state index in [1.807, 2.05) is 19.1 Å². The highest BCUT2D eigenvalue weighted by atomic mass is 79.9. The van der Waals surface area contributed by atoms with E-state index in [4.69, 9.17) is 9.47 Å². The summed E-state index contributed by atoms with van der Waals surface area (Å²) in [5, 5.41) is 0. The molecule has 1 aromatic heterocycles. The number of ether oxygens (including phenoxy) is 2. The number of pyridine rings is 1. The molecule has 0 aliphatic carbocycles. The fraction of sp³-hybridized carbons (Fsp3) is 0.375. The molecule has 0 amide bonds. The first-order valence-electron chi connectivity index (χ1n) is 3.49. The molecule has 0 unspecified atom stereocenters. The Hall–Kier alpha value is -0.610. The first-order chi connectivity index (χ1) is 5.74. The number of halogens is 1. The van der Waals surface area contributed by atoms with Gasteiger partial charge in [0.05, 0.1) is 0 Å². The van der Waals surface area contributed by atoms with Crippen molar-refractivity contribution in [2.45, 2.75) is 6.92 Å². The minimum Gasteiger partial charge on any atom is -0.465 e. The summed E-state index contributed by atoms with van der Waals surface area (Å²) in [6.45, 7) is 2.16. The minimum absolute atomic E-state index is 0.239. The molecule has 0 aliphatic heterocycles. The van der Waals surface area contributed by atoms with Crippen molar-refractivity contribution in [2.75, 3.05) is 13.9 Å². The van der Waals surface area contributed by atoms with Crippen LogP contribution in [0.15, 0.2) is 16.7 Å². The Bertz CT molecular complexity index is 265. The average Bonchev–Trinajstić information content (AvgIpc) is 2.03. The van der Waals surface area contributed by atoms with Crippen LogP contribution < -0.4 is 4.74 Å². The molecule has 0 saturated carbocycles. The van der Waals surface area contributed by atoms with E-state index in [0.717, 1.165) is 5.69 Å². The summed E-state index contributed by atoms with van der Waals surface area (Å²) in [5.41, 5.74) is 0.951. The molecule has 0 saturated heterocycles. The molecular formula is C8H10BrNO2. The van der Waals surface area contributed by atoms with Gasteiger partial charge in [-0.05, 0) is 35.0 Å². The van der Waals surface area contributed by atoms with Crippen molar-refractivity contribution in [3.63, 3.8) is 0 Å². The molecule has 0 fully saturated rings. The quantitative estimate of drug-likeness (QED) is 0.591. The lowest BCUT2D eigenvalue weighted by atomic mass is 10.4. The molecular weight excluding hydrogens is 222 g/mol. The van der Waals surface area contributed by atoms with Gasteiger partial charge in [0.1, 0.15) is 4.60 Å². The first kappa shape index (κ1) is 9.48. The van der Waals surface area contributed by atoms with Gasteiger partial charge in [-0.15, -0.1) is 0 Å². The second kappa shape index (κ2) is 4.42. The Kier molecular flexibility index (Phi) is 3.49. The maximum absolute atomic E-state index is 5.21. The number of aromatic nitrogens is 1. The van der Waals surface area contributed by atoms with E-state index in [9.17, 15) is 0 Å². The average molecular weight is 232 g/mol. The second-order valence-electron chi connectivity index (χ2n) is 2.29. The standard InChI is InChI=1S/C8H10BrNO2/c1-6-3-4-7(8(9)10-6)12-5-11-2/h3-4H,5H2,1-2H3. The van der Waals surface area contributed by atoms with Crippen LogP contribution >= 0.6 is 15.9 Å². The molecule has 3 nitrogen and oxygen atoms in total. The molecule has 0 spiro atoms. The van der Waals surface area contributed by atoms with Gasteiger partial charge in [0.2, 0.25) is 0 Å². The molecule has 0 aromatic carbocycles. The third-order valence-corrected chi connectivity index (χ3v) is 1.85. The molecule has 0 atom stereocenters. The summed E-state index contributed by atoms with van der Waals surface area (Å²) in [6.07, 6.45) is 0. The summed E-state index contributed by atoms with van der Waals surface area (Å²) in [6, 6.07) is 3.74. The molecule has 1 heterocycles. The van der Waals surface area contributed by atoms with Crippen molar-refractivity contribution in [1.29, 1.82) is 0 Å². The van der Waals surface area contributed by atoms with E-state index >= 15 is 0 Å². The van der Waals surface area contributed by atoms with Crippen LogP contribution in [0.25, 0.3) is 0 Å². The summed E-state index contributed by atoms with van der Waals surface area (Å²) >= 11 is 3.29. The SMILES string of the molecule is COCOc1ccc(C)nc1Br. The lowest BCUT2D eigenvalue weighted by molar-refractivity contribution is 0.0502. The third-order valence-electron chi connectivity index (χ3n) is 1.29. The molecule has 4 heteroatoms. The van der Waals surface area contributed by atoms with E-state index in [1.54, 1.807) is 7.11 Å². The third kappa shape index (κ3) is 2.46. The highest BCUT2D eigenvalue weighted by molar-refractivity contribution is 9.10. The zero-order chi connectivity index (χ0) is 8.97. The number of hydrogen-bond acceptors (Lipinski definition) is 3. The molecule has 0 bridgehead atoms.